The van der Waals surface area contributed by atoms with E-state index in [0.29, 0.717) is 30.4 Å². The van der Waals surface area contributed by atoms with Gasteiger partial charge in [-0.1, -0.05) is 23.8 Å². The fraction of sp³-hybridized carbons (Fsp3) is 0.107. The van der Waals surface area contributed by atoms with E-state index in [1.54, 1.807) is 29.2 Å². The van der Waals surface area contributed by atoms with Crippen LogP contribution in [0.5, 0.6) is 17.2 Å². The van der Waals surface area contributed by atoms with Gasteiger partial charge in [0, 0.05) is 23.3 Å². The number of fused-ring (bicyclic) bond motifs is 1. The van der Waals surface area contributed by atoms with Gasteiger partial charge in [-0.2, -0.15) is 0 Å². The standard InChI is InChI=1S/C28H23N3O4/c1-19-4-2-5-20(16-19)27-24-17-26(28(32)33)31(25(24)11-13-30-27)14-15-34-21-7-9-22(10-8-21)35-23-6-3-12-29-18-23/h2-13,16-18H,14-15H2,1H3,(H,32,33). The van der Waals surface area contributed by atoms with Gasteiger partial charge in [0.15, 0.2) is 0 Å². The predicted octanol–water partition coefficient (Wildman–Crippen LogP) is 5.98. The van der Waals surface area contributed by atoms with Crippen molar-refractivity contribution >= 4 is 16.9 Å². The molecule has 174 valence electrons. The van der Waals surface area contributed by atoms with Crippen molar-refractivity contribution in [3.05, 3.63) is 103 Å². The van der Waals surface area contributed by atoms with E-state index in [9.17, 15) is 9.90 Å². The Hall–Kier alpha value is -4.65. The van der Waals surface area contributed by atoms with Crippen molar-refractivity contribution in [2.75, 3.05) is 6.61 Å². The molecule has 7 nitrogen and oxygen atoms in total. The van der Waals surface area contributed by atoms with Gasteiger partial charge in [-0.25, -0.2) is 4.79 Å². The molecule has 0 radical (unpaired) electrons. The number of hydrogen-bond donors (Lipinski definition) is 1. The van der Waals surface area contributed by atoms with Crippen LogP contribution in [0.25, 0.3) is 22.2 Å². The molecule has 0 amide bonds. The molecule has 0 saturated heterocycles. The molecule has 1 N–H and O–H groups in total. The number of hydrogen-bond acceptors (Lipinski definition) is 5. The summed E-state index contributed by atoms with van der Waals surface area (Å²) < 4.78 is 13.4. The molecule has 0 fully saturated rings. The highest BCUT2D eigenvalue weighted by atomic mass is 16.5. The molecule has 0 bridgehead atoms. The minimum absolute atomic E-state index is 0.200. The molecule has 7 heteroatoms. The van der Waals surface area contributed by atoms with Crippen LogP contribution in [0.4, 0.5) is 0 Å². The number of aromatic carboxylic acids is 1. The number of benzene rings is 2. The summed E-state index contributed by atoms with van der Waals surface area (Å²) in [5, 5.41) is 10.6. The van der Waals surface area contributed by atoms with Gasteiger partial charge >= 0.3 is 5.97 Å². The average molecular weight is 466 g/mol. The Morgan fingerprint density at radius 2 is 1.77 bits per heavy atom. The molecule has 3 aromatic heterocycles. The summed E-state index contributed by atoms with van der Waals surface area (Å²) in [6.07, 6.45) is 5.04. The number of carboxylic acid groups (broad SMARTS) is 1. The molecule has 5 aromatic rings. The number of rotatable bonds is 8. The zero-order valence-electron chi connectivity index (χ0n) is 19.1. The molecule has 0 spiro atoms. The van der Waals surface area contributed by atoms with E-state index >= 15 is 0 Å². The maximum Gasteiger partial charge on any atom is 0.352 e. The average Bonchev–Trinajstić information content (AvgIpc) is 3.25. The zero-order valence-corrected chi connectivity index (χ0v) is 19.1. The van der Waals surface area contributed by atoms with Crippen LogP contribution in [0, 0.1) is 6.92 Å². The number of carboxylic acids is 1. The van der Waals surface area contributed by atoms with E-state index in [1.807, 2.05) is 73.7 Å². The molecule has 0 unspecified atom stereocenters. The monoisotopic (exact) mass is 465 g/mol. The van der Waals surface area contributed by atoms with Crippen LogP contribution in [0.2, 0.25) is 0 Å². The molecular weight excluding hydrogens is 442 g/mol. The van der Waals surface area contributed by atoms with Gasteiger partial charge in [-0.05, 0) is 61.5 Å². The Bertz CT molecular complexity index is 1480. The lowest BCUT2D eigenvalue weighted by Crippen LogP contribution is -2.13. The lowest BCUT2D eigenvalue weighted by atomic mass is 10.1. The lowest BCUT2D eigenvalue weighted by molar-refractivity contribution is 0.0684. The van der Waals surface area contributed by atoms with Gasteiger partial charge in [-0.15, -0.1) is 0 Å². The van der Waals surface area contributed by atoms with Crippen LogP contribution >= 0.6 is 0 Å². The SMILES string of the molecule is Cc1cccc(-c2nccc3c2cc(C(=O)O)n3CCOc2ccc(Oc3cccnc3)cc2)c1. The Balaban J connectivity index is 1.34. The van der Waals surface area contributed by atoms with Gasteiger partial charge in [0.05, 0.1) is 24.0 Å². The van der Waals surface area contributed by atoms with Gasteiger partial charge in [0.2, 0.25) is 0 Å². The predicted molar refractivity (Wildman–Crippen MR) is 133 cm³/mol. The van der Waals surface area contributed by atoms with E-state index in [1.165, 1.54) is 0 Å². The maximum absolute atomic E-state index is 12.0. The number of nitrogens with zero attached hydrogens (tertiary/aromatic N) is 3. The van der Waals surface area contributed by atoms with E-state index in [2.05, 4.69) is 9.97 Å². The van der Waals surface area contributed by atoms with Crippen LogP contribution < -0.4 is 9.47 Å². The maximum atomic E-state index is 12.0. The Labute approximate surface area is 202 Å². The van der Waals surface area contributed by atoms with Crippen LogP contribution in [0.1, 0.15) is 16.1 Å². The van der Waals surface area contributed by atoms with Crippen LogP contribution in [-0.2, 0) is 6.54 Å². The summed E-state index contributed by atoms with van der Waals surface area (Å²) in [6, 6.07) is 22.5. The molecule has 0 aliphatic rings. The number of aromatic nitrogens is 3. The van der Waals surface area contributed by atoms with Gasteiger partial charge < -0.3 is 19.1 Å². The second-order valence-corrected chi connectivity index (χ2v) is 8.06. The quantitative estimate of drug-likeness (QED) is 0.304. The zero-order chi connectivity index (χ0) is 24.2. The summed E-state index contributed by atoms with van der Waals surface area (Å²) in [6.45, 7) is 2.69. The highest BCUT2D eigenvalue weighted by molar-refractivity contribution is 6.00. The molecule has 0 aliphatic carbocycles. The van der Waals surface area contributed by atoms with E-state index in [0.717, 1.165) is 27.7 Å². The summed E-state index contributed by atoms with van der Waals surface area (Å²) in [5.41, 5.74) is 3.83. The van der Waals surface area contributed by atoms with E-state index < -0.39 is 5.97 Å². The van der Waals surface area contributed by atoms with Gasteiger partial charge in [0.1, 0.15) is 29.5 Å². The first-order valence-corrected chi connectivity index (χ1v) is 11.2. The third kappa shape index (κ3) is 4.84. The first kappa shape index (κ1) is 22.2. The molecule has 2 aromatic carbocycles. The molecule has 35 heavy (non-hydrogen) atoms. The summed E-state index contributed by atoms with van der Waals surface area (Å²) >= 11 is 0. The third-order valence-corrected chi connectivity index (χ3v) is 5.62. The van der Waals surface area contributed by atoms with Crippen LogP contribution in [-0.4, -0.2) is 32.2 Å². The Morgan fingerprint density at radius 1 is 0.943 bits per heavy atom. The Kier molecular flexibility index (Phi) is 6.13. The van der Waals surface area contributed by atoms with Crippen molar-refractivity contribution in [1.29, 1.82) is 0 Å². The van der Waals surface area contributed by atoms with Crippen LogP contribution in [0.15, 0.2) is 91.4 Å². The second-order valence-electron chi connectivity index (χ2n) is 8.06. The second kappa shape index (κ2) is 9.69. The molecular formula is C28H23N3O4. The molecule has 0 aliphatic heterocycles. The number of aryl methyl sites for hydroxylation is 1. The lowest BCUT2D eigenvalue weighted by Gasteiger charge is -2.11. The van der Waals surface area contributed by atoms with Crippen molar-refractivity contribution < 1.29 is 19.4 Å². The fourth-order valence-electron chi connectivity index (χ4n) is 4.03. The normalized spacial score (nSPS) is 10.9. The summed E-state index contributed by atoms with van der Waals surface area (Å²) in [7, 11) is 0. The van der Waals surface area contributed by atoms with Gasteiger partial charge in [0.25, 0.3) is 0 Å². The topological polar surface area (TPSA) is 86.5 Å². The van der Waals surface area contributed by atoms with E-state index in [4.69, 9.17) is 9.47 Å². The van der Waals surface area contributed by atoms with Crippen molar-refractivity contribution in [1.82, 2.24) is 14.5 Å². The highest BCUT2D eigenvalue weighted by Gasteiger charge is 2.18. The molecule has 3 heterocycles. The summed E-state index contributed by atoms with van der Waals surface area (Å²) in [4.78, 5) is 20.6. The summed E-state index contributed by atoms with van der Waals surface area (Å²) in [5.74, 6) is 1.000. The molecule has 0 saturated carbocycles. The van der Waals surface area contributed by atoms with Crippen molar-refractivity contribution in [2.45, 2.75) is 13.5 Å². The number of pyridine rings is 2. The third-order valence-electron chi connectivity index (χ3n) is 5.62. The Morgan fingerprint density at radius 3 is 2.51 bits per heavy atom. The number of ether oxygens (including phenoxy) is 2. The van der Waals surface area contributed by atoms with Crippen molar-refractivity contribution in [3.63, 3.8) is 0 Å². The van der Waals surface area contributed by atoms with Crippen molar-refractivity contribution in [3.8, 4) is 28.5 Å². The largest absolute Gasteiger partial charge is 0.492 e. The van der Waals surface area contributed by atoms with Crippen molar-refractivity contribution in [2.24, 2.45) is 0 Å². The van der Waals surface area contributed by atoms with E-state index in [-0.39, 0.29) is 5.69 Å². The minimum Gasteiger partial charge on any atom is -0.492 e. The first-order chi connectivity index (χ1) is 17.1. The molecule has 5 rings (SSSR count). The number of carbonyl (C=O) groups is 1. The fourth-order valence-corrected chi connectivity index (χ4v) is 4.03. The smallest absolute Gasteiger partial charge is 0.352 e. The van der Waals surface area contributed by atoms with Crippen LogP contribution in [0.3, 0.4) is 0 Å². The van der Waals surface area contributed by atoms with Gasteiger partial charge in [-0.3, -0.25) is 9.97 Å². The minimum atomic E-state index is -0.992. The highest BCUT2D eigenvalue weighted by Crippen LogP contribution is 2.30. The first-order valence-electron chi connectivity index (χ1n) is 11.2. The molecule has 0 atom stereocenters.